The Morgan fingerprint density at radius 2 is 2.00 bits per heavy atom. The van der Waals surface area contributed by atoms with Crippen LogP contribution >= 0.6 is 11.8 Å². The minimum absolute atomic E-state index is 0.224. The smallest absolute Gasteiger partial charge is 0.319 e. The molecule has 6 heteroatoms. The van der Waals surface area contributed by atoms with Crippen molar-refractivity contribution < 1.29 is 4.79 Å². The van der Waals surface area contributed by atoms with Crippen molar-refractivity contribution in [2.45, 2.75) is 43.9 Å². The predicted molar refractivity (Wildman–Crippen MR) is 116 cm³/mol. The van der Waals surface area contributed by atoms with Crippen LogP contribution in [0.15, 0.2) is 65.8 Å². The van der Waals surface area contributed by atoms with Gasteiger partial charge in [0, 0.05) is 34.1 Å². The van der Waals surface area contributed by atoms with Crippen molar-refractivity contribution >= 4 is 23.5 Å². The predicted octanol–water partition coefficient (Wildman–Crippen LogP) is 5.39. The number of nitrogens with zero attached hydrogens (tertiary/aromatic N) is 2. The maximum Gasteiger partial charge on any atom is 0.319 e. The number of aryl methyl sites for hydroxylation is 1. The van der Waals surface area contributed by atoms with Crippen molar-refractivity contribution in [2.75, 3.05) is 5.32 Å². The second-order valence-electron chi connectivity index (χ2n) is 6.75. The number of aromatic nitrogens is 2. The largest absolute Gasteiger partial charge is 0.334 e. The van der Waals surface area contributed by atoms with Gasteiger partial charge in [0.25, 0.3) is 0 Å². The van der Waals surface area contributed by atoms with Crippen molar-refractivity contribution in [1.82, 2.24) is 15.1 Å². The van der Waals surface area contributed by atoms with E-state index in [0.29, 0.717) is 11.8 Å². The normalized spacial score (nSPS) is 11.8. The van der Waals surface area contributed by atoms with Gasteiger partial charge < -0.3 is 10.6 Å². The summed E-state index contributed by atoms with van der Waals surface area (Å²) in [5.74, 6) is 0. The second kappa shape index (κ2) is 9.46. The number of thioether (sulfide) groups is 1. The molecule has 1 aromatic heterocycles. The highest BCUT2D eigenvalue weighted by molar-refractivity contribution is 7.99. The highest BCUT2D eigenvalue weighted by Crippen LogP contribution is 2.28. The van der Waals surface area contributed by atoms with Gasteiger partial charge in [-0.25, -0.2) is 9.48 Å². The fourth-order valence-electron chi connectivity index (χ4n) is 2.69. The minimum Gasteiger partial charge on any atom is -0.334 e. The number of hydrogen-bond donors (Lipinski definition) is 2. The van der Waals surface area contributed by atoms with Crippen LogP contribution in [0.4, 0.5) is 10.5 Å². The molecule has 1 atom stereocenters. The third kappa shape index (κ3) is 5.39. The topological polar surface area (TPSA) is 59.0 Å². The Hall–Kier alpha value is -2.73. The van der Waals surface area contributed by atoms with Gasteiger partial charge in [-0.3, -0.25) is 0 Å². The van der Waals surface area contributed by atoms with Gasteiger partial charge >= 0.3 is 6.03 Å². The Kier molecular flexibility index (Phi) is 6.76. The molecule has 28 heavy (non-hydrogen) atoms. The van der Waals surface area contributed by atoms with E-state index in [1.54, 1.807) is 10.9 Å². The van der Waals surface area contributed by atoms with E-state index in [-0.39, 0.29) is 6.03 Å². The molecule has 2 amide bonds. The lowest BCUT2D eigenvalue weighted by Crippen LogP contribution is -2.28. The van der Waals surface area contributed by atoms with Gasteiger partial charge in [-0.15, -0.1) is 11.8 Å². The number of benzene rings is 2. The zero-order valence-corrected chi connectivity index (χ0v) is 17.3. The molecule has 0 aliphatic carbocycles. The third-order valence-corrected chi connectivity index (χ3v) is 5.73. The number of rotatable bonds is 7. The van der Waals surface area contributed by atoms with Crippen LogP contribution in [0.3, 0.4) is 0 Å². The van der Waals surface area contributed by atoms with E-state index in [2.05, 4.69) is 41.7 Å². The molecule has 0 radical (unpaired) electrons. The number of carbonyl (C=O) groups excluding carboxylic acids is 1. The van der Waals surface area contributed by atoms with Crippen molar-refractivity contribution in [3.63, 3.8) is 0 Å². The summed E-state index contributed by atoms with van der Waals surface area (Å²) in [6.45, 7) is 6.84. The molecule has 0 fully saturated rings. The molecule has 0 bridgehead atoms. The monoisotopic (exact) mass is 394 g/mol. The molecule has 0 saturated heterocycles. The zero-order valence-electron chi connectivity index (χ0n) is 16.5. The first-order valence-corrected chi connectivity index (χ1v) is 10.3. The van der Waals surface area contributed by atoms with Gasteiger partial charge in [-0.05, 0) is 49.2 Å². The Morgan fingerprint density at radius 3 is 2.71 bits per heavy atom. The second-order valence-corrected chi connectivity index (χ2v) is 8.26. The standard InChI is InChI=1S/C22H26N4OS/c1-4-17(3)28-20-10-11-21(16(2)12-20)25-22(27)23-13-18-14-24-26(15-18)19-8-6-5-7-9-19/h5-12,14-15,17H,4,13H2,1-3H3,(H2,23,25,27). The molecule has 0 aliphatic heterocycles. The van der Waals surface area contributed by atoms with E-state index in [0.717, 1.165) is 28.9 Å². The molecule has 3 aromatic rings. The number of nitrogens with one attached hydrogen (secondary N) is 2. The first kappa shape index (κ1) is 20.0. The van der Waals surface area contributed by atoms with E-state index < -0.39 is 0 Å². The summed E-state index contributed by atoms with van der Waals surface area (Å²) in [5, 5.41) is 10.7. The molecule has 2 aromatic carbocycles. The number of anilines is 1. The van der Waals surface area contributed by atoms with Gasteiger partial charge in [0.05, 0.1) is 11.9 Å². The van der Waals surface area contributed by atoms with Crippen LogP contribution in [0.5, 0.6) is 0 Å². The first-order valence-electron chi connectivity index (χ1n) is 9.46. The summed E-state index contributed by atoms with van der Waals surface area (Å²) in [5.41, 5.74) is 3.81. The Balaban J connectivity index is 1.54. The van der Waals surface area contributed by atoms with Crippen LogP contribution in [-0.4, -0.2) is 21.1 Å². The molecule has 3 rings (SSSR count). The maximum absolute atomic E-state index is 12.3. The molecule has 1 unspecified atom stereocenters. The minimum atomic E-state index is -0.224. The summed E-state index contributed by atoms with van der Waals surface area (Å²) in [6, 6.07) is 15.8. The van der Waals surface area contributed by atoms with Crippen molar-refractivity contribution in [2.24, 2.45) is 0 Å². The molecule has 2 N–H and O–H groups in total. The first-order chi connectivity index (χ1) is 13.5. The van der Waals surface area contributed by atoms with Crippen LogP contribution < -0.4 is 10.6 Å². The Morgan fingerprint density at radius 1 is 1.21 bits per heavy atom. The lowest BCUT2D eigenvalue weighted by atomic mass is 10.2. The number of hydrogen-bond acceptors (Lipinski definition) is 3. The van der Waals surface area contributed by atoms with E-state index >= 15 is 0 Å². The number of carbonyl (C=O) groups is 1. The average Bonchev–Trinajstić information content (AvgIpc) is 3.18. The number of para-hydroxylation sites is 1. The van der Waals surface area contributed by atoms with Gasteiger partial charge in [-0.2, -0.15) is 5.10 Å². The fourth-order valence-corrected chi connectivity index (χ4v) is 3.71. The van der Waals surface area contributed by atoms with E-state index in [4.69, 9.17) is 0 Å². The SMILES string of the molecule is CCC(C)Sc1ccc(NC(=O)NCc2cnn(-c3ccccc3)c2)c(C)c1. The third-order valence-electron chi connectivity index (χ3n) is 4.47. The number of amides is 2. The number of urea groups is 1. The van der Waals surface area contributed by atoms with Crippen LogP contribution in [-0.2, 0) is 6.54 Å². The zero-order chi connectivity index (χ0) is 19.9. The highest BCUT2D eigenvalue weighted by Gasteiger charge is 2.08. The summed E-state index contributed by atoms with van der Waals surface area (Å²) in [4.78, 5) is 13.5. The quantitative estimate of drug-likeness (QED) is 0.528. The molecule has 0 spiro atoms. The lowest BCUT2D eigenvalue weighted by Gasteiger charge is -2.13. The van der Waals surface area contributed by atoms with Crippen molar-refractivity contribution in [1.29, 1.82) is 0 Å². The summed E-state index contributed by atoms with van der Waals surface area (Å²) >= 11 is 1.86. The maximum atomic E-state index is 12.3. The lowest BCUT2D eigenvalue weighted by molar-refractivity contribution is 0.251. The molecular weight excluding hydrogens is 368 g/mol. The fraction of sp³-hybridized carbons (Fsp3) is 0.273. The summed E-state index contributed by atoms with van der Waals surface area (Å²) < 4.78 is 1.80. The summed E-state index contributed by atoms with van der Waals surface area (Å²) in [7, 11) is 0. The Labute approximate surface area is 170 Å². The van der Waals surface area contributed by atoms with Gasteiger partial charge in [0.2, 0.25) is 0 Å². The van der Waals surface area contributed by atoms with Crippen molar-refractivity contribution in [3.8, 4) is 5.69 Å². The van der Waals surface area contributed by atoms with E-state index in [1.165, 1.54) is 4.90 Å². The van der Waals surface area contributed by atoms with Crippen LogP contribution in [0.1, 0.15) is 31.4 Å². The van der Waals surface area contributed by atoms with Crippen LogP contribution in [0, 0.1) is 6.92 Å². The van der Waals surface area contributed by atoms with Gasteiger partial charge in [0.1, 0.15) is 0 Å². The van der Waals surface area contributed by atoms with E-state index in [9.17, 15) is 4.79 Å². The van der Waals surface area contributed by atoms with Crippen LogP contribution in [0.2, 0.25) is 0 Å². The summed E-state index contributed by atoms with van der Waals surface area (Å²) in [6.07, 6.45) is 4.81. The molecule has 146 valence electrons. The molecule has 5 nitrogen and oxygen atoms in total. The highest BCUT2D eigenvalue weighted by atomic mass is 32.2. The molecule has 1 heterocycles. The van der Waals surface area contributed by atoms with Gasteiger partial charge in [-0.1, -0.05) is 32.0 Å². The van der Waals surface area contributed by atoms with Crippen LogP contribution in [0.25, 0.3) is 5.69 Å². The van der Waals surface area contributed by atoms with Gasteiger partial charge in [0.15, 0.2) is 0 Å². The van der Waals surface area contributed by atoms with Crippen molar-refractivity contribution in [3.05, 3.63) is 72.1 Å². The van der Waals surface area contributed by atoms with E-state index in [1.807, 2.05) is 61.3 Å². The molecular formula is C22H26N4OS. The average molecular weight is 395 g/mol. The molecule has 0 saturated carbocycles. The molecule has 0 aliphatic rings. The Bertz CT molecular complexity index is 923.